The molecule has 13 aromatic carbocycles. The molecular weight excluding hydrogens is 1180 g/mol. The quantitative estimate of drug-likeness (QED) is 0.133. The van der Waals surface area contributed by atoms with Crippen LogP contribution >= 0.6 is 0 Å². The molecule has 0 N–H and O–H groups in total. The second kappa shape index (κ2) is 23.6. The van der Waals surface area contributed by atoms with E-state index in [-0.39, 0.29) is 73.7 Å². The molecule has 0 amide bonds. The summed E-state index contributed by atoms with van der Waals surface area (Å²) in [6.07, 6.45) is 0. The van der Waals surface area contributed by atoms with Crippen molar-refractivity contribution in [1.82, 2.24) is 4.57 Å². The van der Waals surface area contributed by atoms with Gasteiger partial charge in [-0.1, -0.05) is 338 Å². The molecule has 16 rings (SSSR count). The van der Waals surface area contributed by atoms with Crippen molar-refractivity contribution in [3.8, 4) is 72.4 Å². The van der Waals surface area contributed by atoms with E-state index in [0.29, 0.717) is 5.69 Å². The summed E-state index contributed by atoms with van der Waals surface area (Å²) in [5, 5.41) is 0.454. The highest BCUT2D eigenvalue weighted by Gasteiger charge is 2.46. The normalized spacial score (nSPS) is 14.0. The SMILES string of the molecule is [2H]c1cc2c3c([2H])c([2H])c([2H])c([2H])c3n(-c3cc4c5c(c3)N(c3c(-c6ccc(C(C)(C)C)cc6)cccc3-c3ccc(C(C)(C)C)cc3)c3cc(-c6ccccc6)ccc3B5c3cc(-c5ccccc5)ccc3N4c3c(-c4ccc(C(C)(C)C)cc4)cccc3-c3ccc(C(C)(C)C)cc3)c2c([2H])c1[2H]. The van der Waals surface area contributed by atoms with Crippen LogP contribution in [0.3, 0.4) is 0 Å². The van der Waals surface area contributed by atoms with Crippen LogP contribution in [0.1, 0.15) is 115 Å². The van der Waals surface area contributed by atoms with Crippen molar-refractivity contribution < 1.29 is 9.60 Å². The second-order valence-corrected chi connectivity index (χ2v) is 30.9. The molecule has 0 aliphatic carbocycles. The van der Waals surface area contributed by atoms with Crippen LogP contribution in [0.5, 0.6) is 0 Å². The first-order valence-corrected chi connectivity index (χ1v) is 34.4. The summed E-state index contributed by atoms with van der Waals surface area (Å²) >= 11 is 0. The van der Waals surface area contributed by atoms with E-state index >= 15 is 0 Å². The molecule has 3 heterocycles. The molecule has 2 aliphatic rings. The summed E-state index contributed by atoms with van der Waals surface area (Å²) in [6.45, 7) is 26.5. The van der Waals surface area contributed by atoms with Gasteiger partial charge in [-0.05, 0) is 141 Å². The van der Waals surface area contributed by atoms with E-state index < -0.39 is 18.8 Å². The van der Waals surface area contributed by atoms with Crippen LogP contribution < -0.4 is 26.2 Å². The topological polar surface area (TPSA) is 11.4 Å². The molecule has 2 aliphatic heterocycles. The fraction of sp³-hybridized carbons (Fsp3) is 0.170. The van der Waals surface area contributed by atoms with E-state index in [1.54, 1.807) is 4.57 Å². The van der Waals surface area contributed by atoms with Gasteiger partial charge in [0.1, 0.15) is 0 Å². The largest absolute Gasteiger partial charge is 0.310 e. The summed E-state index contributed by atoms with van der Waals surface area (Å²) in [7, 11) is 0. The van der Waals surface area contributed by atoms with Crippen LogP contribution in [0.4, 0.5) is 34.1 Å². The van der Waals surface area contributed by atoms with Gasteiger partial charge in [0, 0.05) is 55.8 Å². The van der Waals surface area contributed by atoms with Crippen molar-refractivity contribution in [3.05, 3.63) is 313 Å². The third kappa shape index (κ3) is 10.8. The fourth-order valence-corrected chi connectivity index (χ4v) is 15.1. The van der Waals surface area contributed by atoms with Crippen LogP contribution in [0.25, 0.3) is 94.3 Å². The standard InChI is InChI=1S/C94H84BN3/c1-91(2,3)69-47-37-63(38-48-69)74-31-23-32-75(64-39-49-70(50-40-64)92(4,5)6)89(74)97-84-56-46-67(61-25-15-13-16-26-61)57-81(84)95-80-55-45-68(62-27-17-14-18-28-62)58-85(80)98(87-60-73(59-86(97)88(87)95)96-82-35-21-19-29-78(82)79-30-20-22-36-83(79)96)90-76(65-41-51-71(52-42-65)93(7,8)9)33-24-34-77(90)66-43-53-72(54-44-66)94(10,11)12/h13-60H,1-12H3/i19D,20D,21D,22D,29D,35D,36D. The lowest BCUT2D eigenvalue weighted by atomic mass is 9.33. The molecule has 478 valence electrons. The molecule has 0 saturated carbocycles. The van der Waals surface area contributed by atoms with Gasteiger partial charge in [-0.3, -0.25) is 0 Å². The summed E-state index contributed by atoms with van der Waals surface area (Å²) in [5.41, 5.74) is 25.7. The highest BCUT2D eigenvalue weighted by molar-refractivity contribution is 7.00. The average Bonchev–Trinajstić information content (AvgIpc) is 1.40. The zero-order valence-electron chi connectivity index (χ0n) is 65.1. The number of hydrogen-bond donors (Lipinski definition) is 0. The van der Waals surface area contributed by atoms with Gasteiger partial charge in [0.25, 0.3) is 6.71 Å². The third-order valence-corrected chi connectivity index (χ3v) is 20.4. The summed E-state index contributed by atoms with van der Waals surface area (Å²) in [6, 6.07) is 88.1. The molecule has 4 heteroatoms. The molecule has 14 aromatic rings. The maximum atomic E-state index is 10.1. The number of benzene rings is 13. The second-order valence-electron chi connectivity index (χ2n) is 30.9. The summed E-state index contributed by atoms with van der Waals surface area (Å²) < 4.78 is 69.2. The van der Waals surface area contributed by atoms with Gasteiger partial charge < -0.3 is 14.4 Å². The van der Waals surface area contributed by atoms with Gasteiger partial charge >= 0.3 is 0 Å². The van der Waals surface area contributed by atoms with Gasteiger partial charge in [-0.15, -0.1) is 0 Å². The summed E-state index contributed by atoms with van der Waals surface area (Å²) in [4.78, 5) is 4.95. The van der Waals surface area contributed by atoms with Gasteiger partial charge in [0.2, 0.25) is 0 Å². The van der Waals surface area contributed by atoms with Gasteiger partial charge in [-0.2, -0.15) is 0 Å². The Kier molecular flexibility index (Phi) is 13.1. The van der Waals surface area contributed by atoms with E-state index in [2.05, 4.69) is 336 Å². The summed E-state index contributed by atoms with van der Waals surface area (Å²) in [5.74, 6) is 0. The zero-order valence-corrected chi connectivity index (χ0v) is 58.1. The lowest BCUT2D eigenvalue weighted by molar-refractivity contribution is 0.590. The van der Waals surface area contributed by atoms with Crippen LogP contribution in [-0.2, 0) is 21.7 Å². The number of para-hydroxylation sites is 4. The maximum absolute atomic E-state index is 10.1. The highest BCUT2D eigenvalue weighted by Crippen LogP contribution is 2.55. The van der Waals surface area contributed by atoms with E-state index in [1.807, 2.05) is 0 Å². The Labute approximate surface area is 590 Å². The number of aromatic nitrogens is 1. The molecule has 0 radical (unpaired) electrons. The molecule has 98 heavy (non-hydrogen) atoms. The molecule has 3 nitrogen and oxygen atoms in total. The van der Waals surface area contributed by atoms with Crippen molar-refractivity contribution in [1.29, 1.82) is 0 Å². The molecule has 0 saturated heterocycles. The molecule has 0 atom stereocenters. The average molecular weight is 1270 g/mol. The van der Waals surface area contributed by atoms with Crippen LogP contribution in [0.2, 0.25) is 0 Å². The molecule has 0 unspecified atom stereocenters. The van der Waals surface area contributed by atoms with Crippen LogP contribution in [0.15, 0.2) is 291 Å². The monoisotopic (exact) mass is 1270 g/mol. The minimum Gasteiger partial charge on any atom is -0.310 e. The van der Waals surface area contributed by atoms with Crippen LogP contribution in [-0.4, -0.2) is 11.3 Å². The van der Waals surface area contributed by atoms with Crippen molar-refractivity contribution >= 4 is 79.0 Å². The lowest BCUT2D eigenvalue weighted by Gasteiger charge is -2.46. The molecular formula is C94H84BN3. The Bertz CT molecular complexity index is 5670. The minimum atomic E-state index is -0.455. The number of fused-ring (bicyclic) bond motifs is 7. The predicted octanol–water partition coefficient (Wildman–Crippen LogP) is 24.1. The predicted molar refractivity (Wildman–Crippen MR) is 422 cm³/mol. The minimum absolute atomic E-state index is 0.125. The van der Waals surface area contributed by atoms with Gasteiger partial charge in [0.05, 0.1) is 37.7 Å². The van der Waals surface area contributed by atoms with Crippen molar-refractivity contribution in [2.24, 2.45) is 0 Å². The van der Waals surface area contributed by atoms with E-state index in [4.69, 9.17) is 0 Å². The smallest absolute Gasteiger partial charge is 0.252 e. The van der Waals surface area contributed by atoms with Crippen LogP contribution in [0, 0.1) is 0 Å². The van der Waals surface area contributed by atoms with E-state index in [9.17, 15) is 9.60 Å². The number of anilines is 6. The Balaban J connectivity index is 1.14. The lowest BCUT2D eigenvalue weighted by Crippen LogP contribution is -2.61. The fourth-order valence-electron chi connectivity index (χ4n) is 15.1. The Morgan fingerprint density at radius 1 is 0.286 bits per heavy atom. The number of rotatable bonds is 9. The van der Waals surface area contributed by atoms with Gasteiger partial charge in [0.15, 0.2) is 0 Å². The molecule has 0 spiro atoms. The maximum Gasteiger partial charge on any atom is 0.252 e. The zero-order chi connectivity index (χ0) is 73.7. The Morgan fingerprint density at radius 3 is 1.10 bits per heavy atom. The first kappa shape index (κ1) is 54.4. The van der Waals surface area contributed by atoms with Crippen molar-refractivity contribution in [2.75, 3.05) is 9.80 Å². The van der Waals surface area contributed by atoms with Crippen molar-refractivity contribution in [2.45, 2.75) is 105 Å². The molecule has 0 fully saturated rings. The third-order valence-electron chi connectivity index (χ3n) is 20.4. The number of hydrogen-bond acceptors (Lipinski definition) is 2. The highest BCUT2D eigenvalue weighted by atomic mass is 15.2. The molecule has 1 aromatic heterocycles. The van der Waals surface area contributed by atoms with Crippen molar-refractivity contribution in [3.63, 3.8) is 0 Å². The van der Waals surface area contributed by atoms with E-state index in [1.165, 1.54) is 28.3 Å². The number of nitrogens with zero attached hydrogens (tertiary/aromatic N) is 3. The Morgan fingerprint density at radius 2 is 0.663 bits per heavy atom. The first-order valence-electron chi connectivity index (χ1n) is 37.9. The van der Waals surface area contributed by atoms with Gasteiger partial charge in [-0.25, -0.2) is 0 Å². The molecule has 0 bridgehead atoms. The first-order chi connectivity index (χ1) is 50.0. The Hall–Kier alpha value is -10.7. The van der Waals surface area contributed by atoms with E-state index in [0.717, 1.165) is 117 Å².